The number of rotatable bonds is 5. The minimum absolute atomic E-state index is 0.0285. The number of hydrogen-bond acceptors (Lipinski definition) is 6. The number of fused-ring (bicyclic) bond motifs is 9. The summed E-state index contributed by atoms with van der Waals surface area (Å²) in [5, 5.41) is 1.41. The molecule has 45 heavy (non-hydrogen) atoms. The number of thioether (sulfide) groups is 1. The van der Waals surface area contributed by atoms with Crippen molar-refractivity contribution in [1.29, 1.82) is 0 Å². The zero-order valence-corrected chi connectivity index (χ0v) is 25.7. The van der Waals surface area contributed by atoms with E-state index in [0.717, 1.165) is 38.1 Å². The summed E-state index contributed by atoms with van der Waals surface area (Å²) in [6.45, 7) is 0.371. The van der Waals surface area contributed by atoms with Crippen LogP contribution < -0.4 is 14.5 Å². The number of nitrogens with one attached hydrogen (secondary N) is 1. The Morgan fingerprint density at radius 1 is 0.933 bits per heavy atom. The van der Waals surface area contributed by atoms with Gasteiger partial charge in [-0.3, -0.25) is 19.3 Å². The van der Waals surface area contributed by atoms with Crippen molar-refractivity contribution in [2.75, 3.05) is 4.90 Å². The smallest absolute Gasteiger partial charge is 0.416 e. The SMILES string of the molecule is O=C1C2C3CC(C2C(=O)N1c1cccc(C(F)(F)F)c1)C1C3Sc2[nH]c(=O)sc2[C@@H]1c1ccc(OCc2ccc(Cl)cc2)cc1. The molecular weight excluding hydrogens is 645 g/mol. The summed E-state index contributed by atoms with van der Waals surface area (Å²) in [7, 11) is 0. The maximum atomic E-state index is 13.9. The Bertz CT molecular complexity index is 1890. The first-order chi connectivity index (χ1) is 21.6. The Balaban J connectivity index is 1.11. The lowest BCUT2D eigenvalue weighted by Crippen LogP contribution is -2.42. The molecule has 0 spiro atoms. The topological polar surface area (TPSA) is 79.5 Å². The number of alkyl halides is 3. The number of hydrogen-bond donors (Lipinski definition) is 1. The first-order valence-electron chi connectivity index (χ1n) is 14.5. The molecule has 7 atom stereocenters. The summed E-state index contributed by atoms with van der Waals surface area (Å²) in [5.74, 6) is -1.88. The molecule has 230 valence electrons. The van der Waals surface area contributed by atoms with Crippen molar-refractivity contribution in [3.63, 3.8) is 0 Å². The first-order valence-corrected chi connectivity index (χ1v) is 16.6. The van der Waals surface area contributed by atoms with Gasteiger partial charge in [0.2, 0.25) is 11.8 Å². The molecule has 6 unspecified atom stereocenters. The van der Waals surface area contributed by atoms with Gasteiger partial charge in [-0.25, -0.2) is 0 Å². The summed E-state index contributed by atoms with van der Waals surface area (Å²) in [5.41, 5.74) is 1.01. The van der Waals surface area contributed by atoms with Gasteiger partial charge in [0.05, 0.1) is 28.1 Å². The monoisotopic (exact) mass is 668 g/mol. The molecule has 1 saturated heterocycles. The fourth-order valence-corrected chi connectivity index (χ4v) is 11.0. The quantitative estimate of drug-likeness (QED) is 0.225. The molecule has 4 aliphatic rings. The van der Waals surface area contributed by atoms with E-state index in [1.807, 2.05) is 48.5 Å². The van der Waals surface area contributed by atoms with Crippen LogP contribution in [0.4, 0.5) is 18.9 Å². The van der Waals surface area contributed by atoms with E-state index in [9.17, 15) is 27.6 Å². The zero-order chi connectivity index (χ0) is 31.2. The van der Waals surface area contributed by atoms with Gasteiger partial charge in [0.25, 0.3) is 0 Å². The first kappa shape index (κ1) is 28.9. The van der Waals surface area contributed by atoms with Crippen LogP contribution in [-0.2, 0) is 22.4 Å². The number of benzene rings is 3. The molecule has 1 N–H and O–H groups in total. The van der Waals surface area contributed by atoms with Crippen molar-refractivity contribution in [3.8, 4) is 5.75 Å². The van der Waals surface area contributed by atoms with Gasteiger partial charge in [0.1, 0.15) is 12.4 Å². The summed E-state index contributed by atoms with van der Waals surface area (Å²) in [6.07, 6.45) is -3.91. The van der Waals surface area contributed by atoms with Gasteiger partial charge in [0, 0.05) is 21.1 Å². The minimum Gasteiger partial charge on any atom is -0.489 e. The van der Waals surface area contributed by atoms with Crippen LogP contribution >= 0.6 is 34.7 Å². The number of anilines is 1. The van der Waals surface area contributed by atoms with Crippen molar-refractivity contribution in [2.24, 2.45) is 29.6 Å². The maximum absolute atomic E-state index is 13.9. The fourth-order valence-electron chi connectivity index (χ4n) is 7.98. The fraction of sp³-hybridized carbons (Fsp3) is 0.303. The van der Waals surface area contributed by atoms with E-state index in [-0.39, 0.29) is 39.5 Å². The molecule has 6 nitrogen and oxygen atoms in total. The second kappa shape index (κ2) is 10.5. The Labute approximate surface area is 268 Å². The molecule has 2 aliphatic carbocycles. The molecule has 2 bridgehead atoms. The van der Waals surface area contributed by atoms with E-state index in [1.54, 1.807) is 11.8 Å². The van der Waals surface area contributed by atoms with Gasteiger partial charge in [-0.15, -0.1) is 11.8 Å². The van der Waals surface area contributed by atoms with Crippen LogP contribution in [0.1, 0.15) is 33.9 Å². The van der Waals surface area contributed by atoms with E-state index in [1.165, 1.54) is 23.5 Å². The van der Waals surface area contributed by atoms with Gasteiger partial charge in [-0.05, 0) is 77.8 Å². The number of imide groups is 1. The van der Waals surface area contributed by atoms with Crippen LogP contribution in [0.5, 0.6) is 5.75 Å². The molecular formula is C33H24ClF3N2O4S2. The van der Waals surface area contributed by atoms with Crippen molar-refractivity contribution in [3.05, 3.63) is 109 Å². The predicted molar refractivity (Wildman–Crippen MR) is 165 cm³/mol. The lowest BCUT2D eigenvalue weighted by molar-refractivity contribution is -0.137. The van der Waals surface area contributed by atoms with Crippen LogP contribution in [0.25, 0.3) is 0 Å². The number of H-pyrrole nitrogens is 1. The van der Waals surface area contributed by atoms with Crippen molar-refractivity contribution < 1.29 is 27.5 Å². The Morgan fingerprint density at radius 3 is 2.36 bits per heavy atom. The molecule has 12 heteroatoms. The second-order valence-corrected chi connectivity index (χ2v) is 14.6. The maximum Gasteiger partial charge on any atom is 0.416 e. The number of aromatic amines is 1. The molecule has 3 fully saturated rings. The molecule has 2 aliphatic heterocycles. The molecule has 2 saturated carbocycles. The standard InChI is InChI=1S/C33H24ClF3N2O4S2/c34-18-8-4-15(5-9-18)14-43-20-10-6-16(7-11-20)23-24-21-13-22(27(24)44-29-28(23)45-32(42)38-29)26-25(21)30(40)39(31(26)41)19-3-1-2-17(12-19)33(35,36)37/h1-12,21-27H,13-14H2,(H,38,42)/t21?,22?,23-,24?,25?,26?,27?/m1/s1. The number of carbonyl (C=O) groups excluding carboxylic acids is 2. The van der Waals surface area contributed by atoms with Crippen LogP contribution in [-0.4, -0.2) is 22.0 Å². The van der Waals surface area contributed by atoms with Crippen molar-refractivity contribution in [1.82, 2.24) is 4.98 Å². The summed E-state index contributed by atoms with van der Waals surface area (Å²) >= 11 is 8.71. The van der Waals surface area contributed by atoms with Gasteiger partial charge >= 0.3 is 11.0 Å². The van der Waals surface area contributed by atoms with Crippen LogP contribution in [0.15, 0.2) is 82.6 Å². The minimum atomic E-state index is -4.60. The molecule has 2 amide bonds. The number of thiazole rings is 1. The van der Waals surface area contributed by atoms with E-state index in [2.05, 4.69) is 4.98 Å². The van der Waals surface area contributed by atoms with E-state index in [0.29, 0.717) is 23.8 Å². The van der Waals surface area contributed by atoms with E-state index >= 15 is 0 Å². The van der Waals surface area contributed by atoms with Crippen LogP contribution in [0.3, 0.4) is 0 Å². The zero-order valence-electron chi connectivity index (χ0n) is 23.3. The second-order valence-electron chi connectivity index (χ2n) is 12.0. The molecule has 3 heterocycles. The molecule has 4 aromatic rings. The Kier molecular flexibility index (Phi) is 6.74. The lowest BCUT2D eigenvalue weighted by atomic mass is 9.68. The number of ether oxygens (including phenoxy) is 1. The van der Waals surface area contributed by atoms with Crippen LogP contribution in [0, 0.1) is 29.6 Å². The molecule has 1 aromatic heterocycles. The average molecular weight is 669 g/mol. The van der Waals surface area contributed by atoms with E-state index in [4.69, 9.17) is 16.3 Å². The third-order valence-corrected chi connectivity index (χ3v) is 12.6. The summed E-state index contributed by atoms with van der Waals surface area (Å²) < 4.78 is 46.4. The van der Waals surface area contributed by atoms with E-state index < -0.39 is 35.4 Å². The lowest BCUT2D eigenvalue weighted by Gasteiger charge is -2.43. The van der Waals surface area contributed by atoms with Gasteiger partial charge in [0.15, 0.2) is 0 Å². The Hall–Kier alpha value is -3.54. The number of aromatic nitrogens is 1. The van der Waals surface area contributed by atoms with Crippen LogP contribution in [0.2, 0.25) is 5.02 Å². The number of halogens is 4. The predicted octanol–water partition coefficient (Wildman–Crippen LogP) is 7.37. The third-order valence-electron chi connectivity index (χ3n) is 9.71. The highest BCUT2D eigenvalue weighted by molar-refractivity contribution is 8.00. The largest absolute Gasteiger partial charge is 0.489 e. The Morgan fingerprint density at radius 2 is 1.64 bits per heavy atom. The third kappa shape index (κ3) is 4.65. The number of nitrogens with zero attached hydrogens (tertiary/aromatic N) is 1. The summed E-state index contributed by atoms with van der Waals surface area (Å²) in [4.78, 5) is 45.0. The molecule has 8 rings (SSSR count). The average Bonchev–Trinajstić information content (AvgIpc) is 3.75. The van der Waals surface area contributed by atoms with Crippen molar-refractivity contribution in [2.45, 2.75) is 35.4 Å². The number of carbonyl (C=O) groups is 2. The van der Waals surface area contributed by atoms with Gasteiger partial charge < -0.3 is 9.72 Å². The summed E-state index contributed by atoms with van der Waals surface area (Å²) in [6, 6.07) is 19.6. The highest BCUT2D eigenvalue weighted by Crippen LogP contribution is 2.68. The molecule has 3 aromatic carbocycles. The van der Waals surface area contributed by atoms with Gasteiger partial charge in [-0.2, -0.15) is 13.2 Å². The van der Waals surface area contributed by atoms with Crippen molar-refractivity contribution >= 4 is 52.2 Å². The highest BCUT2D eigenvalue weighted by Gasteiger charge is 2.69. The normalized spacial score (nSPS) is 28.3. The number of amides is 2. The highest BCUT2D eigenvalue weighted by atomic mass is 35.5. The molecule has 0 radical (unpaired) electrons. The van der Waals surface area contributed by atoms with Gasteiger partial charge in [-0.1, -0.05) is 53.3 Å².